The smallest absolute Gasteiger partial charge is 0.337 e. The maximum absolute atomic E-state index is 13.3. The van der Waals surface area contributed by atoms with Crippen molar-refractivity contribution in [3.63, 3.8) is 0 Å². The number of pyridine rings is 1. The molecule has 3 rings (SSSR count). The summed E-state index contributed by atoms with van der Waals surface area (Å²) in [5.74, 6) is -1.36. The highest BCUT2D eigenvalue weighted by Crippen LogP contribution is 2.38. The van der Waals surface area contributed by atoms with Gasteiger partial charge in [0.25, 0.3) is 5.91 Å². The third-order valence-corrected chi connectivity index (χ3v) is 6.28. The highest BCUT2D eigenvalue weighted by Gasteiger charge is 2.33. The molecule has 184 valence electrons. The lowest BCUT2D eigenvalue weighted by molar-refractivity contribution is -0.160. The van der Waals surface area contributed by atoms with Crippen LogP contribution in [0.3, 0.4) is 0 Å². The van der Waals surface area contributed by atoms with Crippen LogP contribution in [0.15, 0.2) is 24.3 Å². The number of carbonyl (C=O) groups excluding carboxylic acids is 1. The number of nitrogens with one attached hydrogen (secondary N) is 1. The second kappa shape index (κ2) is 10.4. The third kappa shape index (κ3) is 6.14. The number of carboxylic acids is 1. The van der Waals surface area contributed by atoms with E-state index in [0.717, 1.165) is 31.5 Å². The van der Waals surface area contributed by atoms with Gasteiger partial charge in [0.05, 0.1) is 5.60 Å². The van der Waals surface area contributed by atoms with Crippen LogP contribution in [0.25, 0.3) is 11.1 Å². The first-order valence-corrected chi connectivity index (χ1v) is 11.9. The number of halogens is 1. The Hall–Kier alpha value is -2.48. The van der Waals surface area contributed by atoms with Crippen LogP contribution in [-0.4, -0.2) is 58.6 Å². The first kappa shape index (κ1) is 26.1. The van der Waals surface area contributed by atoms with Crippen molar-refractivity contribution in [2.75, 3.05) is 20.1 Å². The maximum atomic E-state index is 13.3. The van der Waals surface area contributed by atoms with E-state index in [1.165, 1.54) is 0 Å². The Bertz CT molecular complexity index is 1060. The number of carbonyl (C=O) groups is 2. The maximum Gasteiger partial charge on any atom is 0.337 e. The van der Waals surface area contributed by atoms with Crippen LogP contribution in [-0.2, 0) is 9.53 Å². The van der Waals surface area contributed by atoms with Gasteiger partial charge in [0.15, 0.2) is 6.10 Å². The van der Waals surface area contributed by atoms with Crippen molar-refractivity contribution >= 4 is 23.5 Å². The lowest BCUT2D eigenvalue weighted by Crippen LogP contribution is -2.43. The Labute approximate surface area is 206 Å². The second-order valence-electron chi connectivity index (χ2n) is 9.97. The van der Waals surface area contributed by atoms with Gasteiger partial charge in [-0.1, -0.05) is 23.7 Å². The molecular weight excluding hydrogens is 454 g/mol. The summed E-state index contributed by atoms with van der Waals surface area (Å²) in [6.07, 6.45) is 0.508. The average molecular weight is 488 g/mol. The summed E-state index contributed by atoms with van der Waals surface area (Å²) >= 11 is 6.11. The summed E-state index contributed by atoms with van der Waals surface area (Å²) < 4.78 is 5.97. The SMILES string of the molecule is Cc1nc(C(=O)NC2CCN(C)CC2)c(C)c(-c2ccc(Cl)cc2)c1[C@H](OC(C)(C)C)C(=O)O. The molecule has 34 heavy (non-hydrogen) atoms. The summed E-state index contributed by atoms with van der Waals surface area (Å²) in [5.41, 5.74) is 2.47. The quantitative estimate of drug-likeness (QED) is 0.609. The molecule has 0 saturated carbocycles. The van der Waals surface area contributed by atoms with Crippen molar-refractivity contribution in [3.8, 4) is 11.1 Å². The van der Waals surface area contributed by atoms with Crippen LogP contribution in [0.1, 0.15) is 67.0 Å². The van der Waals surface area contributed by atoms with Gasteiger partial charge in [-0.3, -0.25) is 4.79 Å². The first-order valence-electron chi connectivity index (χ1n) is 11.5. The van der Waals surface area contributed by atoms with Crippen molar-refractivity contribution < 1.29 is 19.4 Å². The number of ether oxygens (including phenoxy) is 1. The van der Waals surface area contributed by atoms with Gasteiger partial charge in [-0.2, -0.15) is 0 Å². The molecule has 1 aliphatic rings. The Morgan fingerprint density at radius 3 is 2.29 bits per heavy atom. The van der Waals surface area contributed by atoms with Crippen LogP contribution < -0.4 is 5.32 Å². The summed E-state index contributed by atoms with van der Waals surface area (Å²) in [6, 6.07) is 7.22. The fourth-order valence-electron chi connectivity index (χ4n) is 4.34. The van der Waals surface area contributed by atoms with Gasteiger partial charge in [0, 0.05) is 22.3 Å². The lowest BCUT2D eigenvalue weighted by atomic mass is 9.89. The number of nitrogens with zero attached hydrogens (tertiary/aromatic N) is 2. The lowest BCUT2D eigenvalue weighted by Gasteiger charge is -2.30. The van der Waals surface area contributed by atoms with Gasteiger partial charge in [-0.15, -0.1) is 0 Å². The number of amides is 1. The largest absolute Gasteiger partial charge is 0.479 e. The number of aryl methyl sites for hydroxylation is 1. The number of benzene rings is 1. The number of rotatable bonds is 6. The molecule has 2 heterocycles. The number of hydrogen-bond donors (Lipinski definition) is 2. The highest BCUT2D eigenvalue weighted by molar-refractivity contribution is 6.30. The number of hydrogen-bond acceptors (Lipinski definition) is 5. The van der Waals surface area contributed by atoms with Crippen LogP contribution in [0.2, 0.25) is 5.02 Å². The number of aromatic nitrogens is 1. The Morgan fingerprint density at radius 2 is 1.76 bits per heavy atom. The van der Waals surface area contributed by atoms with Gasteiger partial charge in [0.1, 0.15) is 5.69 Å². The molecule has 7 nitrogen and oxygen atoms in total. The van der Waals surface area contributed by atoms with E-state index in [-0.39, 0.29) is 11.9 Å². The van der Waals surface area contributed by atoms with E-state index in [4.69, 9.17) is 16.3 Å². The van der Waals surface area contributed by atoms with Crippen molar-refractivity contribution in [1.29, 1.82) is 0 Å². The minimum Gasteiger partial charge on any atom is -0.479 e. The second-order valence-corrected chi connectivity index (χ2v) is 10.4. The fourth-order valence-corrected chi connectivity index (χ4v) is 4.46. The Balaban J connectivity index is 2.13. The van der Waals surface area contributed by atoms with Crippen molar-refractivity contribution in [3.05, 3.63) is 51.8 Å². The standard InChI is InChI=1S/C26H34ClN3O4/c1-15-20(17-7-9-18(27)10-8-17)21(23(25(32)33)34-26(3,4)5)16(2)28-22(15)24(31)29-19-11-13-30(6)14-12-19/h7-10,19,23H,11-14H2,1-6H3,(H,29,31)(H,32,33)/t23-/m0/s1. The number of likely N-dealkylation sites (tertiary alicyclic amines) is 1. The number of aliphatic carboxylic acids is 1. The van der Waals surface area contributed by atoms with E-state index in [1.807, 2.05) is 32.9 Å². The van der Waals surface area contributed by atoms with Crippen LogP contribution in [0.4, 0.5) is 0 Å². The minimum atomic E-state index is -1.25. The van der Waals surface area contributed by atoms with Crippen LogP contribution in [0, 0.1) is 13.8 Å². The molecule has 0 bridgehead atoms. The zero-order chi connectivity index (χ0) is 25.2. The van der Waals surface area contributed by atoms with Crippen molar-refractivity contribution in [1.82, 2.24) is 15.2 Å². The monoisotopic (exact) mass is 487 g/mol. The average Bonchev–Trinajstić information content (AvgIpc) is 2.75. The van der Waals surface area contributed by atoms with E-state index >= 15 is 0 Å². The molecule has 2 N–H and O–H groups in total. The molecule has 8 heteroatoms. The normalized spacial score (nSPS) is 16.3. The van der Waals surface area contributed by atoms with E-state index in [0.29, 0.717) is 33.1 Å². The molecule has 1 aromatic heterocycles. The predicted octanol–water partition coefficient (Wildman–Crippen LogP) is 4.78. The van der Waals surface area contributed by atoms with E-state index < -0.39 is 17.7 Å². The molecule has 0 radical (unpaired) electrons. The molecular formula is C26H34ClN3O4. The number of carboxylic acid groups (broad SMARTS) is 1. The summed E-state index contributed by atoms with van der Waals surface area (Å²) in [6.45, 7) is 10.8. The molecule has 1 fully saturated rings. The Kier molecular flexibility index (Phi) is 8.01. The topological polar surface area (TPSA) is 91.8 Å². The molecule has 2 aromatic rings. The van der Waals surface area contributed by atoms with Crippen molar-refractivity contribution in [2.45, 2.75) is 65.2 Å². The van der Waals surface area contributed by atoms with Crippen LogP contribution in [0.5, 0.6) is 0 Å². The van der Waals surface area contributed by atoms with Gasteiger partial charge in [0.2, 0.25) is 0 Å². The van der Waals surface area contributed by atoms with Gasteiger partial charge in [-0.05, 0) is 96.4 Å². The molecule has 0 aliphatic carbocycles. The summed E-state index contributed by atoms with van der Waals surface area (Å²) in [7, 11) is 2.07. The van der Waals surface area contributed by atoms with Gasteiger partial charge >= 0.3 is 5.97 Å². The fraction of sp³-hybridized carbons (Fsp3) is 0.500. The summed E-state index contributed by atoms with van der Waals surface area (Å²) in [4.78, 5) is 32.5. The van der Waals surface area contributed by atoms with Gasteiger partial charge in [-0.25, -0.2) is 9.78 Å². The highest BCUT2D eigenvalue weighted by atomic mass is 35.5. The molecule has 1 saturated heterocycles. The zero-order valence-electron chi connectivity index (χ0n) is 20.7. The molecule has 1 amide bonds. The molecule has 1 aliphatic heterocycles. The molecule has 0 unspecified atom stereocenters. The van der Waals surface area contributed by atoms with Crippen LogP contribution >= 0.6 is 11.6 Å². The predicted molar refractivity (Wildman–Crippen MR) is 133 cm³/mol. The van der Waals surface area contributed by atoms with Gasteiger partial charge < -0.3 is 20.1 Å². The van der Waals surface area contributed by atoms with E-state index in [2.05, 4.69) is 22.2 Å². The molecule has 1 atom stereocenters. The van der Waals surface area contributed by atoms with E-state index in [9.17, 15) is 14.7 Å². The van der Waals surface area contributed by atoms with E-state index in [1.54, 1.807) is 26.0 Å². The molecule has 0 spiro atoms. The third-order valence-electron chi connectivity index (χ3n) is 6.03. The zero-order valence-corrected chi connectivity index (χ0v) is 21.5. The minimum absolute atomic E-state index is 0.0832. The first-order chi connectivity index (χ1) is 15.9. The van der Waals surface area contributed by atoms with Crippen molar-refractivity contribution in [2.24, 2.45) is 0 Å². The molecule has 1 aromatic carbocycles. The Morgan fingerprint density at radius 1 is 1.18 bits per heavy atom. The summed E-state index contributed by atoms with van der Waals surface area (Å²) in [5, 5.41) is 13.8. The number of piperidine rings is 1.